The van der Waals surface area contributed by atoms with E-state index in [1.165, 1.54) is 0 Å². The van der Waals surface area contributed by atoms with Crippen LogP contribution >= 0.6 is 0 Å². The Morgan fingerprint density at radius 1 is 1.32 bits per heavy atom. The van der Waals surface area contributed by atoms with E-state index in [9.17, 15) is 9.18 Å². The molecular weight excluding hydrogens is 247 g/mol. The molecule has 2 rings (SSSR count). The second-order valence-corrected chi connectivity index (χ2v) is 6.62. The second-order valence-electron chi connectivity index (χ2n) is 6.62. The minimum Gasteiger partial charge on any atom is -0.444 e. The Morgan fingerprint density at radius 2 is 1.95 bits per heavy atom. The molecule has 4 nitrogen and oxygen atoms in total. The fourth-order valence-corrected chi connectivity index (χ4v) is 3.02. The van der Waals surface area contributed by atoms with Gasteiger partial charge in [0, 0.05) is 12.5 Å². The van der Waals surface area contributed by atoms with Crippen molar-refractivity contribution in [1.82, 2.24) is 10.2 Å². The Bertz CT molecular complexity index is 324. The molecule has 2 atom stereocenters. The van der Waals surface area contributed by atoms with E-state index in [-0.39, 0.29) is 18.7 Å². The van der Waals surface area contributed by atoms with Crippen LogP contribution in [0.1, 0.15) is 40.0 Å². The van der Waals surface area contributed by atoms with Crippen molar-refractivity contribution in [2.75, 3.05) is 19.6 Å². The first-order valence-electron chi connectivity index (χ1n) is 7.21. The van der Waals surface area contributed by atoms with Crippen LogP contribution in [0.5, 0.6) is 0 Å². The molecule has 2 heterocycles. The molecule has 1 N–H and O–H groups in total. The van der Waals surface area contributed by atoms with Gasteiger partial charge in [0.25, 0.3) is 0 Å². The van der Waals surface area contributed by atoms with Crippen LogP contribution in [0, 0.1) is 5.92 Å². The fourth-order valence-electron chi connectivity index (χ4n) is 3.02. The molecule has 2 aliphatic heterocycles. The number of piperidine rings is 1. The van der Waals surface area contributed by atoms with Gasteiger partial charge in [-0.15, -0.1) is 0 Å². The molecule has 2 aliphatic rings. The number of hydrogen-bond donors (Lipinski definition) is 1. The summed E-state index contributed by atoms with van der Waals surface area (Å²) in [7, 11) is 0. The zero-order chi connectivity index (χ0) is 14.0. The maximum Gasteiger partial charge on any atom is 0.410 e. The number of hydrogen-bond acceptors (Lipinski definition) is 3. The highest BCUT2D eigenvalue weighted by Crippen LogP contribution is 2.32. The summed E-state index contributed by atoms with van der Waals surface area (Å²) in [6, 6.07) is 0.00644. The van der Waals surface area contributed by atoms with Crippen molar-refractivity contribution >= 4 is 6.09 Å². The lowest BCUT2D eigenvalue weighted by Gasteiger charge is -2.34. The quantitative estimate of drug-likeness (QED) is 0.796. The number of likely N-dealkylation sites (tertiary alicyclic amines) is 1. The van der Waals surface area contributed by atoms with Gasteiger partial charge in [-0.3, -0.25) is 0 Å². The lowest BCUT2D eigenvalue weighted by molar-refractivity contribution is 0.0155. The van der Waals surface area contributed by atoms with Crippen molar-refractivity contribution in [3.63, 3.8) is 0 Å². The van der Waals surface area contributed by atoms with Gasteiger partial charge in [-0.05, 0) is 52.6 Å². The third-order valence-electron chi connectivity index (χ3n) is 3.85. The second kappa shape index (κ2) is 5.65. The van der Waals surface area contributed by atoms with Crippen LogP contribution in [0.2, 0.25) is 0 Å². The van der Waals surface area contributed by atoms with Crippen molar-refractivity contribution < 1.29 is 13.9 Å². The summed E-state index contributed by atoms with van der Waals surface area (Å²) in [6.45, 7) is 7.62. The summed E-state index contributed by atoms with van der Waals surface area (Å²) >= 11 is 0. The number of ether oxygens (including phenoxy) is 1. The zero-order valence-electron chi connectivity index (χ0n) is 12.1. The average Bonchev–Trinajstić information content (AvgIpc) is 2.70. The maximum atomic E-state index is 13.7. The van der Waals surface area contributed by atoms with Gasteiger partial charge < -0.3 is 15.0 Å². The molecule has 110 valence electrons. The van der Waals surface area contributed by atoms with Gasteiger partial charge in [-0.2, -0.15) is 0 Å². The van der Waals surface area contributed by atoms with Crippen LogP contribution in [0.15, 0.2) is 0 Å². The number of nitrogens with one attached hydrogen (secondary N) is 1. The number of amides is 1. The number of nitrogens with zero attached hydrogens (tertiary/aromatic N) is 1. The van der Waals surface area contributed by atoms with Crippen molar-refractivity contribution in [2.24, 2.45) is 5.92 Å². The van der Waals surface area contributed by atoms with Crippen molar-refractivity contribution in [3.05, 3.63) is 0 Å². The predicted molar refractivity (Wildman–Crippen MR) is 71.8 cm³/mol. The first kappa shape index (κ1) is 14.6. The molecule has 0 bridgehead atoms. The molecule has 2 saturated heterocycles. The summed E-state index contributed by atoms with van der Waals surface area (Å²) in [6.07, 6.45) is 1.21. The first-order chi connectivity index (χ1) is 8.87. The van der Waals surface area contributed by atoms with Gasteiger partial charge in [0.05, 0.1) is 6.54 Å². The molecule has 0 aromatic carbocycles. The molecule has 2 fully saturated rings. The highest BCUT2D eigenvalue weighted by atomic mass is 19.1. The topological polar surface area (TPSA) is 41.6 Å². The highest BCUT2D eigenvalue weighted by molar-refractivity contribution is 5.69. The average molecular weight is 272 g/mol. The lowest BCUT2D eigenvalue weighted by atomic mass is 9.88. The monoisotopic (exact) mass is 272 g/mol. The van der Waals surface area contributed by atoms with Crippen molar-refractivity contribution in [1.29, 1.82) is 0 Å². The first-order valence-corrected chi connectivity index (χ1v) is 7.21. The van der Waals surface area contributed by atoms with Crippen LogP contribution in [0.4, 0.5) is 9.18 Å². The van der Waals surface area contributed by atoms with E-state index >= 15 is 0 Å². The summed E-state index contributed by atoms with van der Waals surface area (Å²) in [5.41, 5.74) is -0.524. The van der Waals surface area contributed by atoms with E-state index in [0.29, 0.717) is 12.3 Å². The molecule has 0 aliphatic carbocycles. The van der Waals surface area contributed by atoms with Gasteiger partial charge in [0.2, 0.25) is 0 Å². The van der Waals surface area contributed by atoms with E-state index < -0.39 is 11.8 Å². The standard InChI is InChI=1S/C14H25FN2O2/c1-14(2,3)19-13(18)17-9-11(15)8-12(17)10-4-6-16-7-5-10/h10-12,16H,4-9H2,1-3H3. The molecular formula is C14H25FN2O2. The Labute approximate surface area is 114 Å². The van der Waals surface area contributed by atoms with Gasteiger partial charge in [0.15, 0.2) is 0 Å². The van der Waals surface area contributed by atoms with Gasteiger partial charge >= 0.3 is 6.09 Å². The van der Waals surface area contributed by atoms with Crippen molar-refractivity contribution in [2.45, 2.75) is 57.8 Å². The molecule has 0 saturated carbocycles. The van der Waals surface area contributed by atoms with E-state index in [1.807, 2.05) is 20.8 Å². The van der Waals surface area contributed by atoms with Gasteiger partial charge in [-0.25, -0.2) is 9.18 Å². The Balaban J connectivity index is 2.02. The Kier molecular flexibility index (Phi) is 4.33. The lowest BCUT2D eigenvalue weighted by Crippen LogP contribution is -2.45. The zero-order valence-corrected chi connectivity index (χ0v) is 12.1. The molecule has 5 heteroatoms. The van der Waals surface area contributed by atoms with E-state index in [0.717, 1.165) is 25.9 Å². The third kappa shape index (κ3) is 3.81. The number of halogens is 1. The molecule has 0 spiro atoms. The maximum absolute atomic E-state index is 13.7. The molecule has 0 radical (unpaired) electrons. The predicted octanol–water partition coefficient (Wildman–Crippen LogP) is 2.33. The van der Waals surface area contributed by atoms with Crippen LogP contribution in [-0.4, -0.2) is 48.4 Å². The normalized spacial score (nSPS) is 29.6. The fraction of sp³-hybridized carbons (Fsp3) is 0.929. The van der Waals surface area contributed by atoms with Crippen molar-refractivity contribution in [3.8, 4) is 0 Å². The van der Waals surface area contributed by atoms with Gasteiger partial charge in [-0.1, -0.05) is 0 Å². The van der Waals surface area contributed by atoms with Crippen LogP contribution in [0.25, 0.3) is 0 Å². The summed E-state index contributed by atoms with van der Waals surface area (Å²) in [5, 5.41) is 3.30. The van der Waals surface area contributed by atoms with E-state index in [1.54, 1.807) is 4.90 Å². The summed E-state index contributed by atoms with van der Waals surface area (Å²) < 4.78 is 19.1. The molecule has 2 unspecified atom stereocenters. The molecule has 19 heavy (non-hydrogen) atoms. The largest absolute Gasteiger partial charge is 0.444 e. The third-order valence-corrected chi connectivity index (χ3v) is 3.85. The van der Waals surface area contributed by atoms with Gasteiger partial charge in [0.1, 0.15) is 11.8 Å². The number of alkyl halides is 1. The number of carbonyl (C=O) groups is 1. The highest BCUT2D eigenvalue weighted by Gasteiger charge is 2.41. The number of carbonyl (C=O) groups excluding carboxylic acids is 1. The summed E-state index contributed by atoms with van der Waals surface area (Å²) in [4.78, 5) is 13.8. The molecule has 1 amide bonds. The van der Waals surface area contributed by atoms with Crippen LogP contribution in [-0.2, 0) is 4.74 Å². The van der Waals surface area contributed by atoms with Crippen LogP contribution < -0.4 is 5.32 Å². The van der Waals surface area contributed by atoms with E-state index in [4.69, 9.17) is 4.74 Å². The van der Waals surface area contributed by atoms with E-state index in [2.05, 4.69) is 5.32 Å². The Morgan fingerprint density at radius 3 is 2.53 bits per heavy atom. The molecule has 0 aromatic heterocycles. The smallest absolute Gasteiger partial charge is 0.410 e. The SMILES string of the molecule is CC(C)(C)OC(=O)N1CC(F)CC1C1CCNCC1. The molecule has 0 aromatic rings. The minimum atomic E-state index is -0.910. The van der Waals surface area contributed by atoms with Crippen LogP contribution in [0.3, 0.4) is 0 Å². The minimum absolute atomic E-state index is 0.00644. The Hall–Kier alpha value is -0.840. The number of rotatable bonds is 1. The summed E-state index contributed by atoms with van der Waals surface area (Å²) in [5.74, 6) is 0.398.